The van der Waals surface area contributed by atoms with Gasteiger partial charge in [-0.25, -0.2) is 0 Å². The van der Waals surface area contributed by atoms with Crippen molar-refractivity contribution >= 4 is 0 Å². The Hall–Kier alpha value is -1.06. The van der Waals surface area contributed by atoms with Crippen LogP contribution in [0.1, 0.15) is 39.2 Å². The molecule has 1 aliphatic rings. The Morgan fingerprint density at radius 2 is 2.00 bits per heavy atom. The molecule has 0 fully saturated rings. The van der Waals surface area contributed by atoms with Crippen LogP contribution in [0.5, 0.6) is 5.75 Å². The molecule has 0 amide bonds. The Morgan fingerprint density at radius 1 is 1.25 bits per heavy atom. The summed E-state index contributed by atoms with van der Waals surface area (Å²) >= 11 is 0. The zero-order valence-electron chi connectivity index (χ0n) is 13.1. The van der Waals surface area contributed by atoms with Crippen LogP contribution in [0.2, 0.25) is 0 Å². The predicted molar refractivity (Wildman–Crippen MR) is 84.2 cm³/mol. The molecular formula is C17H28N2O. The number of para-hydroxylation sites is 1. The Labute approximate surface area is 123 Å². The van der Waals surface area contributed by atoms with Crippen LogP contribution in [-0.4, -0.2) is 36.7 Å². The SMILES string of the molecule is CCC(CC)NCC(C)N1CCOc2ccccc2C1. The van der Waals surface area contributed by atoms with E-state index in [1.807, 2.05) is 6.07 Å². The highest BCUT2D eigenvalue weighted by atomic mass is 16.5. The standard InChI is InChI=1S/C17H28N2O/c1-4-16(5-2)18-12-14(3)19-10-11-20-17-9-7-6-8-15(17)13-19/h6-9,14,16,18H,4-5,10-13H2,1-3H3. The monoisotopic (exact) mass is 276 g/mol. The lowest BCUT2D eigenvalue weighted by molar-refractivity contribution is 0.172. The van der Waals surface area contributed by atoms with Crippen molar-refractivity contribution in [3.05, 3.63) is 29.8 Å². The topological polar surface area (TPSA) is 24.5 Å². The number of hydrogen-bond acceptors (Lipinski definition) is 3. The van der Waals surface area contributed by atoms with E-state index in [0.717, 1.165) is 32.0 Å². The summed E-state index contributed by atoms with van der Waals surface area (Å²) in [6, 6.07) is 9.57. The van der Waals surface area contributed by atoms with Crippen LogP contribution >= 0.6 is 0 Å². The van der Waals surface area contributed by atoms with Crippen molar-refractivity contribution in [1.82, 2.24) is 10.2 Å². The second-order valence-corrected chi connectivity index (χ2v) is 5.70. The van der Waals surface area contributed by atoms with E-state index in [9.17, 15) is 0 Å². The predicted octanol–water partition coefficient (Wildman–Crippen LogP) is 3.05. The van der Waals surface area contributed by atoms with Crippen LogP contribution in [-0.2, 0) is 6.54 Å². The van der Waals surface area contributed by atoms with Gasteiger partial charge in [-0.1, -0.05) is 32.0 Å². The Morgan fingerprint density at radius 3 is 2.75 bits per heavy atom. The van der Waals surface area contributed by atoms with Gasteiger partial charge in [0.2, 0.25) is 0 Å². The van der Waals surface area contributed by atoms with Gasteiger partial charge in [-0.05, 0) is 25.8 Å². The van der Waals surface area contributed by atoms with E-state index in [1.165, 1.54) is 18.4 Å². The van der Waals surface area contributed by atoms with E-state index < -0.39 is 0 Å². The van der Waals surface area contributed by atoms with E-state index in [1.54, 1.807) is 0 Å². The summed E-state index contributed by atoms with van der Waals surface area (Å²) < 4.78 is 5.83. The molecule has 20 heavy (non-hydrogen) atoms. The number of hydrogen-bond donors (Lipinski definition) is 1. The summed E-state index contributed by atoms with van der Waals surface area (Å²) in [4.78, 5) is 2.52. The van der Waals surface area contributed by atoms with Crippen molar-refractivity contribution in [2.75, 3.05) is 19.7 Å². The lowest BCUT2D eigenvalue weighted by Gasteiger charge is -2.29. The van der Waals surface area contributed by atoms with Crippen LogP contribution < -0.4 is 10.1 Å². The highest BCUT2D eigenvalue weighted by Gasteiger charge is 2.19. The van der Waals surface area contributed by atoms with Crippen molar-refractivity contribution in [2.24, 2.45) is 0 Å². The van der Waals surface area contributed by atoms with Crippen LogP contribution in [0.3, 0.4) is 0 Å². The molecule has 0 aromatic heterocycles. The zero-order valence-corrected chi connectivity index (χ0v) is 13.1. The van der Waals surface area contributed by atoms with Gasteiger partial charge in [0.1, 0.15) is 12.4 Å². The van der Waals surface area contributed by atoms with E-state index in [-0.39, 0.29) is 0 Å². The minimum Gasteiger partial charge on any atom is -0.492 e. The van der Waals surface area contributed by atoms with Crippen LogP contribution in [0, 0.1) is 0 Å². The van der Waals surface area contributed by atoms with Crippen molar-refractivity contribution < 1.29 is 4.74 Å². The van der Waals surface area contributed by atoms with Gasteiger partial charge in [-0.3, -0.25) is 4.90 Å². The zero-order chi connectivity index (χ0) is 14.4. The molecule has 3 nitrogen and oxygen atoms in total. The lowest BCUT2D eigenvalue weighted by atomic mass is 10.1. The minimum atomic E-state index is 0.533. The maximum Gasteiger partial charge on any atom is 0.123 e. The van der Waals surface area contributed by atoms with E-state index >= 15 is 0 Å². The molecule has 0 aliphatic carbocycles. The Balaban J connectivity index is 1.92. The number of ether oxygens (including phenoxy) is 1. The number of benzene rings is 1. The maximum atomic E-state index is 5.83. The van der Waals surface area contributed by atoms with Crippen LogP contribution in [0.15, 0.2) is 24.3 Å². The first kappa shape index (κ1) is 15.3. The van der Waals surface area contributed by atoms with Gasteiger partial charge < -0.3 is 10.1 Å². The average Bonchev–Trinajstić information content (AvgIpc) is 2.70. The fraction of sp³-hybridized carbons (Fsp3) is 0.647. The highest BCUT2D eigenvalue weighted by molar-refractivity contribution is 5.33. The molecule has 2 rings (SSSR count). The van der Waals surface area contributed by atoms with Crippen molar-refractivity contribution in [1.29, 1.82) is 0 Å². The van der Waals surface area contributed by atoms with Gasteiger partial charge in [0.15, 0.2) is 0 Å². The van der Waals surface area contributed by atoms with Crippen LogP contribution in [0.25, 0.3) is 0 Å². The number of fused-ring (bicyclic) bond motifs is 1. The first-order chi connectivity index (χ1) is 9.74. The third kappa shape index (κ3) is 3.97. The average molecular weight is 276 g/mol. The third-order valence-corrected chi connectivity index (χ3v) is 4.29. The van der Waals surface area contributed by atoms with Crippen molar-refractivity contribution in [2.45, 2.75) is 52.2 Å². The number of nitrogens with one attached hydrogen (secondary N) is 1. The van der Waals surface area contributed by atoms with Gasteiger partial charge in [0.05, 0.1) is 0 Å². The molecule has 0 radical (unpaired) electrons. The van der Waals surface area contributed by atoms with Gasteiger partial charge >= 0.3 is 0 Å². The second kappa shape index (κ2) is 7.65. The molecule has 0 spiro atoms. The smallest absolute Gasteiger partial charge is 0.123 e. The van der Waals surface area contributed by atoms with E-state index in [0.29, 0.717) is 12.1 Å². The fourth-order valence-electron chi connectivity index (χ4n) is 2.77. The lowest BCUT2D eigenvalue weighted by Crippen LogP contribution is -2.43. The van der Waals surface area contributed by atoms with E-state index in [2.05, 4.69) is 49.2 Å². The van der Waals surface area contributed by atoms with Gasteiger partial charge in [-0.15, -0.1) is 0 Å². The van der Waals surface area contributed by atoms with E-state index in [4.69, 9.17) is 4.74 Å². The number of rotatable bonds is 6. The fourth-order valence-corrected chi connectivity index (χ4v) is 2.77. The summed E-state index contributed by atoms with van der Waals surface area (Å²) in [7, 11) is 0. The molecule has 1 aromatic rings. The third-order valence-electron chi connectivity index (χ3n) is 4.29. The molecule has 3 heteroatoms. The maximum absolute atomic E-state index is 5.83. The molecule has 0 saturated heterocycles. The summed E-state index contributed by atoms with van der Waals surface area (Å²) in [5.41, 5.74) is 1.30. The summed E-state index contributed by atoms with van der Waals surface area (Å²) in [6.07, 6.45) is 2.41. The normalized spacial score (nSPS) is 17.4. The molecular weight excluding hydrogens is 248 g/mol. The summed E-state index contributed by atoms with van der Waals surface area (Å²) in [6.45, 7) is 10.6. The minimum absolute atomic E-state index is 0.533. The van der Waals surface area contributed by atoms with Gasteiger partial charge in [0.25, 0.3) is 0 Å². The Bertz CT molecular complexity index is 404. The second-order valence-electron chi connectivity index (χ2n) is 5.70. The van der Waals surface area contributed by atoms with Crippen molar-refractivity contribution in [3.8, 4) is 5.75 Å². The summed E-state index contributed by atoms with van der Waals surface area (Å²) in [5, 5.41) is 3.68. The van der Waals surface area contributed by atoms with Crippen LogP contribution in [0.4, 0.5) is 0 Å². The van der Waals surface area contributed by atoms with Crippen molar-refractivity contribution in [3.63, 3.8) is 0 Å². The molecule has 0 bridgehead atoms. The first-order valence-corrected chi connectivity index (χ1v) is 7.92. The molecule has 0 saturated carbocycles. The number of nitrogens with zero attached hydrogens (tertiary/aromatic N) is 1. The molecule has 1 aliphatic heterocycles. The first-order valence-electron chi connectivity index (χ1n) is 7.92. The van der Waals surface area contributed by atoms with Gasteiger partial charge in [-0.2, -0.15) is 0 Å². The Kier molecular flexibility index (Phi) is 5.86. The molecule has 112 valence electrons. The quantitative estimate of drug-likeness (QED) is 0.864. The summed E-state index contributed by atoms with van der Waals surface area (Å²) in [5.74, 6) is 1.05. The highest BCUT2D eigenvalue weighted by Crippen LogP contribution is 2.23. The molecule has 1 atom stereocenters. The largest absolute Gasteiger partial charge is 0.492 e. The molecule has 1 unspecified atom stereocenters. The molecule has 1 heterocycles. The molecule has 1 aromatic carbocycles. The van der Waals surface area contributed by atoms with Gasteiger partial charge in [0, 0.05) is 37.3 Å². The molecule has 1 N–H and O–H groups in total.